The quantitative estimate of drug-likeness (QED) is 0.559. The van der Waals surface area contributed by atoms with E-state index < -0.39 is 5.95 Å². The van der Waals surface area contributed by atoms with Gasteiger partial charge in [0.1, 0.15) is 5.69 Å². The maximum Gasteiger partial charge on any atom is 0.235 e. The van der Waals surface area contributed by atoms with Crippen molar-refractivity contribution in [3.63, 3.8) is 0 Å². The van der Waals surface area contributed by atoms with Crippen LogP contribution < -0.4 is 0 Å². The Hall–Kier alpha value is -0.700. The molecular weight excluding hydrogens is 143 g/mol. The maximum absolute atomic E-state index is 12.3. The zero-order chi connectivity index (χ0) is 6.69. The van der Waals surface area contributed by atoms with Crippen LogP contribution in [0.1, 0.15) is 5.69 Å². The summed E-state index contributed by atoms with van der Waals surface area (Å²) in [5, 5.41) is 0. The smallest absolute Gasteiger partial charge is 0.235 e. The molecule has 0 aromatic carbocycles. The van der Waals surface area contributed by atoms with Crippen LogP contribution in [0.5, 0.6) is 0 Å². The van der Waals surface area contributed by atoms with Gasteiger partial charge >= 0.3 is 0 Å². The average Bonchev–Trinajstić information content (AvgIpc) is 1.89. The van der Waals surface area contributed by atoms with Gasteiger partial charge in [-0.3, -0.25) is 4.98 Å². The van der Waals surface area contributed by atoms with Crippen molar-refractivity contribution in [1.29, 1.82) is 0 Å². The molecule has 0 amide bonds. The van der Waals surface area contributed by atoms with Crippen molar-refractivity contribution in [2.75, 3.05) is 0 Å². The van der Waals surface area contributed by atoms with Crippen LogP contribution in [0.4, 0.5) is 4.39 Å². The van der Waals surface area contributed by atoms with Crippen molar-refractivity contribution < 1.29 is 4.39 Å². The number of halogens is 2. The second-order valence-electron chi connectivity index (χ2n) is 1.43. The third-order valence-electron chi connectivity index (χ3n) is 0.850. The lowest BCUT2D eigenvalue weighted by molar-refractivity contribution is 0.563. The number of aromatic nitrogens is 2. The Bertz CT molecular complexity index is 204. The molecule has 9 heavy (non-hydrogen) atoms. The van der Waals surface area contributed by atoms with Crippen molar-refractivity contribution in [2.24, 2.45) is 0 Å². The molecule has 4 heteroatoms. The van der Waals surface area contributed by atoms with Crippen LogP contribution in [0.2, 0.25) is 0 Å². The Labute approximate surface area is 56.7 Å². The van der Waals surface area contributed by atoms with Crippen molar-refractivity contribution in [3.8, 4) is 0 Å². The van der Waals surface area contributed by atoms with Gasteiger partial charge in [-0.1, -0.05) is 0 Å². The van der Waals surface area contributed by atoms with Crippen LogP contribution in [-0.4, -0.2) is 9.97 Å². The van der Waals surface area contributed by atoms with E-state index in [4.69, 9.17) is 11.6 Å². The van der Waals surface area contributed by atoms with E-state index in [1.165, 1.54) is 12.4 Å². The minimum atomic E-state index is -0.590. The summed E-state index contributed by atoms with van der Waals surface area (Å²) in [5.41, 5.74) is 0.194. The topological polar surface area (TPSA) is 25.8 Å². The van der Waals surface area contributed by atoms with Crippen LogP contribution in [0.25, 0.3) is 0 Å². The van der Waals surface area contributed by atoms with Crippen LogP contribution in [-0.2, 0) is 5.88 Å². The number of alkyl halides is 1. The predicted molar refractivity (Wildman–Crippen MR) is 31.5 cm³/mol. The van der Waals surface area contributed by atoms with Gasteiger partial charge in [-0.25, -0.2) is 4.98 Å². The van der Waals surface area contributed by atoms with E-state index in [9.17, 15) is 4.39 Å². The van der Waals surface area contributed by atoms with Gasteiger partial charge in [0.25, 0.3) is 0 Å². The number of rotatable bonds is 1. The van der Waals surface area contributed by atoms with Gasteiger partial charge in [0.15, 0.2) is 0 Å². The van der Waals surface area contributed by atoms with Gasteiger partial charge < -0.3 is 0 Å². The lowest BCUT2D eigenvalue weighted by Gasteiger charge is -1.91. The molecule has 0 unspecified atom stereocenters. The van der Waals surface area contributed by atoms with Gasteiger partial charge in [0.2, 0.25) is 5.95 Å². The van der Waals surface area contributed by atoms with E-state index in [0.717, 1.165) is 0 Å². The lowest BCUT2D eigenvalue weighted by Crippen LogP contribution is -1.92. The first-order chi connectivity index (χ1) is 4.34. The molecule has 48 valence electrons. The summed E-state index contributed by atoms with van der Waals surface area (Å²) in [4.78, 5) is 6.96. The third kappa shape index (κ3) is 1.36. The first-order valence-corrected chi connectivity index (χ1v) is 2.89. The van der Waals surface area contributed by atoms with Crippen LogP contribution >= 0.6 is 11.6 Å². The molecule has 1 heterocycles. The molecule has 1 rings (SSSR count). The average molecular weight is 147 g/mol. The fourth-order valence-electron chi connectivity index (χ4n) is 0.439. The highest BCUT2D eigenvalue weighted by molar-refractivity contribution is 6.16. The van der Waals surface area contributed by atoms with Crippen LogP contribution in [0, 0.1) is 5.95 Å². The standard InChI is InChI=1S/C5H4ClFN2/c6-3-4-5(7)9-2-1-8-4/h1-2H,3H2. The van der Waals surface area contributed by atoms with Crippen LogP contribution in [0.15, 0.2) is 12.4 Å². The minimum absolute atomic E-state index is 0.0691. The Morgan fingerprint density at radius 2 is 2.11 bits per heavy atom. The van der Waals surface area contributed by atoms with Crippen molar-refractivity contribution in [3.05, 3.63) is 24.0 Å². The molecule has 0 aliphatic heterocycles. The predicted octanol–water partition coefficient (Wildman–Crippen LogP) is 1.35. The Morgan fingerprint density at radius 3 is 2.56 bits per heavy atom. The van der Waals surface area contributed by atoms with Gasteiger partial charge in [0.05, 0.1) is 5.88 Å². The molecule has 2 nitrogen and oxygen atoms in total. The molecule has 0 saturated heterocycles. The highest BCUT2D eigenvalue weighted by Crippen LogP contribution is 2.00. The summed E-state index contributed by atoms with van der Waals surface area (Å²) in [5.74, 6) is -0.521. The van der Waals surface area contributed by atoms with Gasteiger partial charge in [-0.05, 0) is 0 Å². The van der Waals surface area contributed by atoms with Crippen LogP contribution in [0.3, 0.4) is 0 Å². The molecule has 1 aromatic heterocycles. The normalized spacial score (nSPS) is 9.56. The highest BCUT2D eigenvalue weighted by atomic mass is 35.5. The lowest BCUT2D eigenvalue weighted by atomic mass is 10.5. The van der Waals surface area contributed by atoms with Crippen molar-refractivity contribution in [2.45, 2.75) is 5.88 Å². The molecule has 0 N–H and O–H groups in total. The van der Waals surface area contributed by atoms with Crippen molar-refractivity contribution in [1.82, 2.24) is 9.97 Å². The molecule has 0 atom stereocenters. The largest absolute Gasteiger partial charge is 0.254 e. The summed E-state index contributed by atoms with van der Waals surface area (Å²) in [6.07, 6.45) is 2.69. The third-order valence-corrected chi connectivity index (χ3v) is 1.10. The number of hydrogen-bond donors (Lipinski definition) is 0. The fraction of sp³-hybridized carbons (Fsp3) is 0.200. The van der Waals surface area contributed by atoms with Gasteiger partial charge in [0, 0.05) is 12.4 Å². The maximum atomic E-state index is 12.3. The second-order valence-corrected chi connectivity index (χ2v) is 1.69. The molecular formula is C5H4ClFN2. The Morgan fingerprint density at radius 1 is 1.44 bits per heavy atom. The molecule has 0 aliphatic rings. The molecule has 0 saturated carbocycles. The zero-order valence-corrected chi connectivity index (χ0v) is 5.27. The van der Waals surface area contributed by atoms with E-state index in [1.54, 1.807) is 0 Å². The van der Waals surface area contributed by atoms with Gasteiger partial charge in [-0.15, -0.1) is 11.6 Å². The molecule has 0 spiro atoms. The summed E-state index contributed by atoms with van der Waals surface area (Å²) in [6.45, 7) is 0. The van der Waals surface area contributed by atoms with E-state index in [1.807, 2.05) is 0 Å². The molecule has 0 radical (unpaired) electrons. The molecule has 0 fully saturated rings. The van der Waals surface area contributed by atoms with E-state index >= 15 is 0 Å². The van der Waals surface area contributed by atoms with E-state index in [-0.39, 0.29) is 11.6 Å². The first-order valence-electron chi connectivity index (χ1n) is 2.36. The fourth-order valence-corrected chi connectivity index (χ4v) is 0.619. The number of hydrogen-bond acceptors (Lipinski definition) is 2. The molecule has 0 bridgehead atoms. The van der Waals surface area contributed by atoms with Gasteiger partial charge in [-0.2, -0.15) is 4.39 Å². The second kappa shape index (κ2) is 2.73. The first kappa shape index (κ1) is 6.42. The molecule has 0 aliphatic carbocycles. The summed E-state index contributed by atoms with van der Waals surface area (Å²) < 4.78 is 12.3. The van der Waals surface area contributed by atoms with E-state index in [2.05, 4.69) is 9.97 Å². The Balaban J connectivity index is 3.01. The number of nitrogens with zero attached hydrogens (tertiary/aromatic N) is 2. The SMILES string of the molecule is Fc1nccnc1CCl. The molecule has 1 aromatic rings. The summed E-state index contributed by atoms with van der Waals surface area (Å²) in [7, 11) is 0. The monoisotopic (exact) mass is 146 g/mol. The Kier molecular flexibility index (Phi) is 1.95. The zero-order valence-electron chi connectivity index (χ0n) is 4.51. The highest BCUT2D eigenvalue weighted by Gasteiger charge is 1.99. The van der Waals surface area contributed by atoms with Crippen molar-refractivity contribution >= 4 is 11.6 Å². The summed E-state index contributed by atoms with van der Waals surface area (Å²) >= 11 is 5.29. The van der Waals surface area contributed by atoms with E-state index in [0.29, 0.717) is 0 Å². The summed E-state index contributed by atoms with van der Waals surface area (Å²) in [6, 6.07) is 0. The minimum Gasteiger partial charge on any atom is -0.254 e.